The monoisotopic (exact) mass is 799 g/mol. The summed E-state index contributed by atoms with van der Waals surface area (Å²) >= 11 is 0. The van der Waals surface area contributed by atoms with Gasteiger partial charge in [-0.15, -0.1) is 29.8 Å². The number of pyridine rings is 2. The number of fused-ring (bicyclic) bond motifs is 11. The van der Waals surface area contributed by atoms with Crippen molar-refractivity contribution in [2.24, 2.45) is 0 Å². The Balaban J connectivity index is 0.00000314. The Morgan fingerprint density at radius 2 is 1.48 bits per heavy atom. The molecule has 0 unspecified atom stereocenters. The molecule has 0 radical (unpaired) electrons. The molecule has 0 spiro atoms. The number of rotatable bonds is 3. The average molecular weight is 800 g/mol. The fraction of sp³-hybridized carbons (Fsp3) is 0.0952. The van der Waals surface area contributed by atoms with E-state index in [9.17, 15) is 0 Å². The molecular formula is C42H28N4OPt. The molecular weight excluding hydrogens is 772 g/mol. The van der Waals surface area contributed by atoms with Gasteiger partial charge in [-0.25, -0.2) is 4.98 Å². The molecule has 5 nitrogen and oxygen atoms in total. The number of nitrogens with zero attached hydrogens (tertiary/aromatic N) is 4. The standard InChI is InChI=1S/C42H28N4O.Pt/c1-24-18-25(2)39(26(3)19-24)36-23-45-37-12-5-4-9-32(37)31-16-15-29(21-35(31)42(45)44-36)47-30-14-13-27-20-28-8-6-10-33-34-11-7-17-43-41(34)46(40(28)33)38(27)22-30;/h4-19,23H,20H2,1-3H3;/q-2;+2. The minimum Gasteiger partial charge on any atom is -0.503 e. The summed E-state index contributed by atoms with van der Waals surface area (Å²) in [5.74, 6) is 1.26. The second-order valence-electron chi connectivity index (χ2n) is 12.7. The van der Waals surface area contributed by atoms with Crippen LogP contribution in [0.1, 0.15) is 27.8 Å². The second kappa shape index (κ2) is 10.6. The summed E-state index contributed by atoms with van der Waals surface area (Å²) < 4.78 is 11.0. The fourth-order valence-electron chi connectivity index (χ4n) is 7.83. The Kier molecular flexibility index (Phi) is 6.41. The Morgan fingerprint density at radius 3 is 2.35 bits per heavy atom. The largest absolute Gasteiger partial charge is 2.00 e. The van der Waals surface area contributed by atoms with Crippen LogP contribution in [0, 0.1) is 32.9 Å². The Morgan fingerprint density at radius 1 is 0.708 bits per heavy atom. The normalized spacial score (nSPS) is 12.2. The van der Waals surface area contributed by atoms with Crippen molar-refractivity contribution in [1.82, 2.24) is 18.9 Å². The van der Waals surface area contributed by atoms with Crippen LogP contribution in [0.2, 0.25) is 0 Å². The predicted molar refractivity (Wildman–Crippen MR) is 189 cm³/mol. The van der Waals surface area contributed by atoms with Crippen LogP contribution in [-0.2, 0) is 27.5 Å². The topological polar surface area (TPSA) is 44.4 Å². The third-order valence-corrected chi connectivity index (χ3v) is 9.67. The van der Waals surface area contributed by atoms with Gasteiger partial charge in [0.2, 0.25) is 0 Å². The number of benzene rings is 5. The number of aromatic nitrogens is 4. The van der Waals surface area contributed by atoms with Crippen molar-refractivity contribution in [3.63, 3.8) is 0 Å². The van der Waals surface area contributed by atoms with Gasteiger partial charge < -0.3 is 13.7 Å². The van der Waals surface area contributed by atoms with Crippen molar-refractivity contribution in [3.05, 3.63) is 143 Å². The molecule has 5 aromatic carbocycles. The van der Waals surface area contributed by atoms with Gasteiger partial charge in [0.1, 0.15) is 5.65 Å². The second-order valence-corrected chi connectivity index (χ2v) is 12.7. The summed E-state index contributed by atoms with van der Waals surface area (Å²) in [6.45, 7) is 6.47. The van der Waals surface area contributed by atoms with Gasteiger partial charge in [-0.1, -0.05) is 76.6 Å². The van der Waals surface area contributed by atoms with Crippen molar-refractivity contribution in [2.75, 3.05) is 0 Å². The minimum atomic E-state index is 0. The van der Waals surface area contributed by atoms with E-state index in [0.29, 0.717) is 11.5 Å². The zero-order chi connectivity index (χ0) is 31.4. The molecule has 6 heteroatoms. The van der Waals surface area contributed by atoms with Crippen molar-refractivity contribution in [3.8, 4) is 28.4 Å². The zero-order valence-electron chi connectivity index (χ0n) is 26.5. The van der Waals surface area contributed by atoms with E-state index in [1.165, 1.54) is 44.3 Å². The van der Waals surface area contributed by atoms with Crippen molar-refractivity contribution in [1.29, 1.82) is 0 Å². The van der Waals surface area contributed by atoms with Crippen LogP contribution in [-0.4, -0.2) is 18.9 Å². The molecule has 1 aliphatic heterocycles. The van der Waals surface area contributed by atoms with E-state index in [1.54, 1.807) is 0 Å². The molecule has 0 atom stereocenters. The Labute approximate surface area is 291 Å². The maximum atomic E-state index is 6.55. The zero-order valence-corrected chi connectivity index (χ0v) is 28.8. The van der Waals surface area contributed by atoms with Crippen LogP contribution in [0.3, 0.4) is 0 Å². The SMILES string of the molecule is Cc1cc(C)c(-c2cn3c4ccccc4c4ccc(Oc5[c-]c6c(cc5)Cc5cccc7c8cccnc8n-6c57)[c-]c4c3n2)c(C)c1.[Pt+2]. The number of hydrogen-bond donors (Lipinski definition) is 0. The number of ether oxygens (including phenoxy) is 1. The molecule has 4 aromatic heterocycles. The fourth-order valence-corrected chi connectivity index (χ4v) is 7.83. The van der Waals surface area contributed by atoms with Crippen LogP contribution >= 0.6 is 0 Å². The van der Waals surface area contributed by atoms with Gasteiger partial charge in [0.25, 0.3) is 0 Å². The molecule has 10 rings (SSSR count). The molecule has 1 aliphatic rings. The molecule has 0 aliphatic carbocycles. The first-order valence-electron chi connectivity index (χ1n) is 16.0. The third-order valence-electron chi connectivity index (χ3n) is 9.67. The summed E-state index contributed by atoms with van der Waals surface area (Å²) in [7, 11) is 0. The summed E-state index contributed by atoms with van der Waals surface area (Å²) in [5, 5.41) is 5.52. The summed E-state index contributed by atoms with van der Waals surface area (Å²) in [6, 6.07) is 39.1. The van der Waals surface area contributed by atoms with E-state index in [0.717, 1.165) is 56.2 Å². The molecule has 48 heavy (non-hydrogen) atoms. The van der Waals surface area contributed by atoms with E-state index < -0.39 is 0 Å². The number of imidazole rings is 1. The van der Waals surface area contributed by atoms with E-state index in [2.05, 4.69) is 121 Å². The van der Waals surface area contributed by atoms with E-state index in [-0.39, 0.29) is 21.1 Å². The first-order valence-corrected chi connectivity index (χ1v) is 16.0. The minimum absolute atomic E-state index is 0. The van der Waals surface area contributed by atoms with Gasteiger partial charge in [0, 0.05) is 45.7 Å². The third kappa shape index (κ3) is 4.14. The molecule has 0 N–H and O–H groups in total. The summed E-state index contributed by atoms with van der Waals surface area (Å²) in [6.07, 6.45) is 4.86. The van der Waals surface area contributed by atoms with Crippen LogP contribution in [0.15, 0.2) is 103 Å². The Hall–Kier alpha value is -5.25. The predicted octanol–water partition coefficient (Wildman–Crippen LogP) is 10.0. The Bertz CT molecular complexity index is 2770. The molecule has 9 aromatic rings. The summed E-state index contributed by atoms with van der Waals surface area (Å²) in [4.78, 5) is 10.0. The van der Waals surface area contributed by atoms with Crippen LogP contribution < -0.4 is 4.74 Å². The van der Waals surface area contributed by atoms with E-state index in [4.69, 9.17) is 14.7 Å². The van der Waals surface area contributed by atoms with Gasteiger partial charge in [0.05, 0.1) is 16.9 Å². The van der Waals surface area contributed by atoms with Crippen LogP contribution in [0.25, 0.3) is 66.2 Å². The molecule has 0 amide bonds. The molecule has 5 heterocycles. The molecule has 232 valence electrons. The number of aryl methyl sites for hydroxylation is 3. The average Bonchev–Trinajstić information content (AvgIpc) is 3.66. The first-order chi connectivity index (χ1) is 23.0. The van der Waals surface area contributed by atoms with E-state index in [1.807, 2.05) is 24.4 Å². The van der Waals surface area contributed by atoms with E-state index >= 15 is 0 Å². The van der Waals surface area contributed by atoms with Gasteiger partial charge in [-0.3, -0.25) is 4.98 Å². The van der Waals surface area contributed by atoms with Crippen molar-refractivity contribution in [2.45, 2.75) is 27.2 Å². The summed E-state index contributed by atoms with van der Waals surface area (Å²) in [5.41, 5.74) is 13.4. The smallest absolute Gasteiger partial charge is 0.503 e. The maximum absolute atomic E-state index is 6.55. The van der Waals surface area contributed by atoms with Crippen molar-refractivity contribution >= 4 is 49.3 Å². The van der Waals surface area contributed by atoms with Gasteiger partial charge in [-0.05, 0) is 67.5 Å². The quantitative estimate of drug-likeness (QED) is 0.132. The van der Waals surface area contributed by atoms with Gasteiger partial charge in [-0.2, -0.15) is 6.07 Å². The first kappa shape index (κ1) is 28.9. The number of para-hydroxylation sites is 2. The van der Waals surface area contributed by atoms with Crippen molar-refractivity contribution < 1.29 is 25.8 Å². The molecule has 0 saturated heterocycles. The van der Waals surface area contributed by atoms with Gasteiger partial charge >= 0.3 is 21.1 Å². The molecule has 0 bridgehead atoms. The van der Waals surface area contributed by atoms with Crippen LogP contribution in [0.5, 0.6) is 11.5 Å². The number of hydrogen-bond acceptors (Lipinski definition) is 3. The van der Waals surface area contributed by atoms with Gasteiger partial charge in [0.15, 0.2) is 0 Å². The molecule has 0 saturated carbocycles. The molecule has 0 fully saturated rings. The maximum Gasteiger partial charge on any atom is 2.00 e. The van der Waals surface area contributed by atoms with Crippen LogP contribution in [0.4, 0.5) is 0 Å².